The molecule has 0 radical (unpaired) electrons. The molecular weight excluding hydrogens is 428 g/mol. The Hall–Kier alpha value is -2.34. The number of anilines is 1. The van der Waals surface area contributed by atoms with Gasteiger partial charge in [-0.15, -0.1) is 0 Å². The predicted molar refractivity (Wildman–Crippen MR) is 119 cm³/mol. The number of aromatic nitrogens is 2. The number of para-hydroxylation sites is 2. The number of nitrogens with one attached hydrogen (secondary N) is 1. The maximum absolute atomic E-state index is 12.6. The molecule has 150 valence electrons. The Kier molecular flexibility index (Phi) is 5.04. The molecule has 2 aromatic carbocycles. The van der Waals surface area contributed by atoms with Gasteiger partial charge < -0.3 is 14.8 Å². The lowest BCUT2D eigenvalue weighted by molar-refractivity contribution is 0.0940. The van der Waals surface area contributed by atoms with Crippen LogP contribution in [0.25, 0.3) is 11.0 Å². The van der Waals surface area contributed by atoms with Gasteiger partial charge in [0.2, 0.25) is 5.95 Å². The van der Waals surface area contributed by atoms with E-state index in [4.69, 9.17) is 4.98 Å². The number of hydrogen-bond donors (Lipinski definition) is 1. The van der Waals surface area contributed by atoms with Crippen LogP contribution in [-0.2, 0) is 0 Å². The highest BCUT2D eigenvalue weighted by molar-refractivity contribution is 9.10. The van der Waals surface area contributed by atoms with Crippen molar-refractivity contribution in [2.45, 2.75) is 44.2 Å². The maximum Gasteiger partial charge on any atom is 0.251 e. The average Bonchev–Trinajstić information content (AvgIpc) is 3.46. The molecule has 1 atom stereocenters. The van der Waals surface area contributed by atoms with Crippen molar-refractivity contribution in [2.75, 3.05) is 18.0 Å². The lowest BCUT2D eigenvalue weighted by atomic mass is 10.2. The minimum atomic E-state index is -0.0116. The van der Waals surface area contributed by atoms with Crippen LogP contribution < -0.4 is 10.2 Å². The second-order valence-corrected chi connectivity index (χ2v) is 9.04. The molecule has 0 bridgehead atoms. The van der Waals surface area contributed by atoms with E-state index in [1.165, 1.54) is 31.2 Å². The molecule has 1 saturated carbocycles. The summed E-state index contributed by atoms with van der Waals surface area (Å²) in [5.41, 5.74) is 2.99. The van der Waals surface area contributed by atoms with Gasteiger partial charge in [0.1, 0.15) is 0 Å². The van der Waals surface area contributed by atoms with Crippen molar-refractivity contribution >= 4 is 38.8 Å². The highest BCUT2D eigenvalue weighted by Gasteiger charge is 2.30. The van der Waals surface area contributed by atoms with Crippen LogP contribution in [0.3, 0.4) is 0 Å². The molecular formula is C23H25BrN4O. The standard InChI is InChI=1S/C23H25BrN4O/c24-17-7-5-6-16(14-17)22(29)25-18-12-13-27(15-18)23-26-20-10-3-4-11-21(20)28(23)19-8-1-2-9-19/h3-7,10-11,14,18-19H,1-2,8-9,12-13,15H2,(H,25,29). The lowest BCUT2D eigenvalue weighted by Gasteiger charge is -2.23. The van der Waals surface area contributed by atoms with E-state index in [9.17, 15) is 4.79 Å². The number of imidazole rings is 1. The van der Waals surface area contributed by atoms with Gasteiger partial charge >= 0.3 is 0 Å². The third kappa shape index (κ3) is 3.66. The van der Waals surface area contributed by atoms with E-state index in [0.717, 1.165) is 35.4 Å². The fourth-order valence-electron chi connectivity index (χ4n) is 4.74. The normalized spacial score (nSPS) is 19.9. The number of fused-ring (bicyclic) bond motifs is 1. The first kappa shape index (κ1) is 18.7. The number of hydrogen-bond acceptors (Lipinski definition) is 3. The van der Waals surface area contributed by atoms with E-state index in [1.54, 1.807) is 0 Å². The van der Waals surface area contributed by atoms with Crippen molar-refractivity contribution in [3.05, 3.63) is 58.6 Å². The zero-order valence-electron chi connectivity index (χ0n) is 16.4. The van der Waals surface area contributed by atoms with E-state index in [1.807, 2.05) is 24.3 Å². The summed E-state index contributed by atoms with van der Waals surface area (Å²) in [5, 5.41) is 3.21. The Morgan fingerprint density at radius 1 is 1.07 bits per heavy atom. The van der Waals surface area contributed by atoms with Crippen LogP contribution in [0, 0.1) is 0 Å². The molecule has 1 aliphatic carbocycles. The number of carbonyl (C=O) groups is 1. The first-order valence-corrected chi connectivity index (χ1v) is 11.3. The third-order valence-electron chi connectivity index (χ3n) is 6.16. The van der Waals surface area contributed by atoms with Crippen LogP contribution in [-0.4, -0.2) is 34.6 Å². The van der Waals surface area contributed by atoms with Crippen molar-refractivity contribution in [2.24, 2.45) is 0 Å². The Bertz CT molecular complexity index is 1040. The first-order chi connectivity index (χ1) is 14.2. The van der Waals surface area contributed by atoms with E-state index in [-0.39, 0.29) is 11.9 Å². The van der Waals surface area contributed by atoms with Crippen LogP contribution >= 0.6 is 15.9 Å². The molecule has 1 aromatic heterocycles. The second-order valence-electron chi connectivity index (χ2n) is 8.12. The SMILES string of the molecule is O=C(NC1CCN(c2nc3ccccc3n2C2CCCC2)C1)c1cccc(Br)c1. The van der Waals surface area contributed by atoms with Gasteiger partial charge in [-0.25, -0.2) is 4.98 Å². The van der Waals surface area contributed by atoms with Gasteiger partial charge in [0, 0.05) is 35.2 Å². The number of amides is 1. The van der Waals surface area contributed by atoms with Crippen molar-refractivity contribution in [3.63, 3.8) is 0 Å². The van der Waals surface area contributed by atoms with Gasteiger partial charge in [0.25, 0.3) is 5.91 Å². The van der Waals surface area contributed by atoms with Crippen molar-refractivity contribution in [3.8, 4) is 0 Å². The summed E-state index contributed by atoms with van der Waals surface area (Å²) >= 11 is 3.44. The first-order valence-electron chi connectivity index (χ1n) is 10.5. The third-order valence-corrected chi connectivity index (χ3v) is 6.65. The van der Waals surface area contributed by atoms with E-state index >= 15 is 0 Å². The van der Waals surface area contributed by atoms with Gasteiger partial charge in [-0.05, 0) is 49.6 Å². The molecule has 2 aliphatic rings. The molecule has 5 rings (SSSR count). The monoisotopic (exact) mass is 452 g/mol. The maximum atomic E-state index is 12.6. The Morgan fingerprint density at radius 3 is 2.72 bits per heavy atom. The van der Waals surface area contributed by atoms with Crippen molar-refractivity contribution in [1.82, 2.24) is 14.9 Å². The van der Waals surface area contributed by atoms with Crippen LogP contribution in [0.4, 0.5) is 5.95 Å². The molecule has 1 aliphatic heterocycles. The summed E-state index contributed by atoms with van der Waals surface area (Å²) in [5.74, 6) is 1.06. The molecule has 5 nitrogen and oxygen atoms in total. The fourth-order valence-corrected chi connectivity index (χ4v) is 5.13. The predicted octanol–water partition coefficient (Wildman–Crippen LogP) is 4.92. The zero-order valence-corrected chi connectivity index (χ0v) is 17.9. The van der Waals surface area contributed by atoms with Crippen LogP contribution in [0.5, 0.6) is 0 Å². The van der Waals surface area contributed by atoms with Crippen molar-refractivity contribution in [1.29, 1.82) is 0 Å². The average molecular weight is 453 g/mol. The number of carbonyl (C=O) groups excluding carboxylic acids is 1. The van der Waals surface area contributed by atoms with Crippen molar-refractivity contribution < 1.29 is 4.79 Å². The largest absolute Gasteiger partial charge is 0.347 e. The van der Waals surface area contributed by atoms with E-state index in [2.05, 4.69) is 55.0 Å². The van der Waals surface area contributed by atoms with Gasteiger partial charge in [-0.3, -0.25) is 4.79 Å². The van der Waals surface area contributed by atoms with Gasteiger partial charge in [0.15, 0.2) is 0 Å². The summed E-state index contributed by atoms with van der Waals surface area (Å²) in [7, 11) is 0. The highest BCUT2D eigenvalue weighted by Crippen LogP contribution is 2.37. The summed E-state index contributed by atoms with van der Waals surface area (Å²) < 4.78 is 3.38. The van der Waals surface area contributed by atoms with Gasteiger partial charge in [-0.2, -0.15) is 0 Å². The Labute approximate surface area is 179 Å². The molecule has 6 heteroatoms. The molecule has 3 aromatic rings. The van der Waals surface area contributed by atoms with Crippen LogP contribution in [0.15, 0.2) is 53.0 Å². The molecule has 1 unspecified atom stereocenters. The minimum absolute atomic E-state index is 0.0116. The van der Waals surface area contributed by atoms with Crippen LogP contribution in [0.1, 0.15) is 48.5 Å². The smallest absolute Gasteiger partial charge is 0.251 e. The molecule has 1 N–H and O–H groups in total. The highest BCUT2D eigenvalue weighted by atomic mass is 79.9. The molecule has 29 heavy (non-hydrogen) atoms. The number of rotatable bonds is 4. The van der Waals surface area contributed by atoms with E-state index < -0.39 is 0 Å². The second kappa shape index (κ2) is 7.82. The molecule has 2 fully saturated rings. The lowest BCUT2D eigenvalue weighted by Crippen LogP contribution is -2.37. The summed E-state index contributed by atoms with van der Waals surface area (Å²) in [4.78, 5) is 20.0. The molecule has 1 amide bonds. The summed E-state index contributed by atoms with van der Waals surface area (Å²) in [6.45, 7) is 1.72. The number of benzene rings is 2. The molecule has 1 saturated heterocycles. The Balaban J connectivity index is 1.37. The zero-order chi connectivity index (χ0) is 19.8. The number of nitrogens with zero attached hydrogens (tertiary/aromatic N) is 3. The van der Waals surface area contributed by atoms with Gasteiger partial charge in [-0.1, -0.05) is 47.0 Å². The topological polar surface area (TPSA) is 50.2 Å². The quantitative estimate of drug-likeness (QED) is 0.610. The van der Waals surface area contributed by atoms with Gasteiger partial charge in [0.05, 0.1) is 11.0 Å². The fraction of sp³-hybridized carbons (Fsp3) is 0.391. The molecule has 2 heterocycles. The number of halogens is 1. The molecule has 0 spiro atoms. The summed E-state index contributed by atoms with van der Waals surface area (Å²) in [6, 6.07) is 16.7. The Morgan fingerprint density at radius 2 is 1.90 bits per heavy atom. The van der Waals surface area contributed by atoms with Crippen LogP contribution in [0.2, 0.25) is 0 Å². The minimum Gasteiger partial charge on any atom is -0.347 e. The summed E-state index contributed by atoms with van der Waals surface area (Å²) in [6.07, 6.45) is 5.98. The van der Waals surface area contributed by atoms with E-state index in [0.29, 0.717) is 11.6 Å².